The van der Waals surface area contributed by atoms with Gasteiger partial charge in [-0.15, -0.1) is 0 Å². The standard InChI is InChI=1S/C25H22ClF2N5O2/c1-31-8-9-33(25(31)35)23-20(26)10-16(11-21(23)28)19-14-17(27)13-18(24(19)34)15-2-3-30-22(12-15)32-6-4-29-5-7-32/h2-3,8-14,29,34H,4-7H2,1H3. The number of hydrogen-bond donors (Lipinski definition) is 2. The van der Waals surface area contributed by atoms with E-state index in [1.54, 1.807) is 18.3 Å². The molecule has 2 aromatic heterocycles. The molecule has 0 unspecified atom stereocenters. The molecule has 1 aliphatic rings. The number of phenolic OH excluding ortho intramolecular Hbond substituents is 1. The van der Waals surface area contributed by atoms with Crippen molar-refractivity contribution in [2.24, 2.45) is 7.05 Å². The molecule has 7 nitrogen and oxygen atoms in total. The van der Waals surface area contributed by atoms with Crippen LogP contribution >= 0.6 is 11.6 Å². The zero-order valence-electron chi connectivity index (χ0n) is 18.8. The largest absolute Gasteiger partial charge is 0.507 e. The highest BCUT2D eigenvalue weighted by atomic mass is 35.5. The summed E-state index contributed by atoms with van der Waals surface area (Å²) in [6, 6.07) is 8.35. The SMILES string of the molecule is Cn1ccn(-c2c(F)cc(-c3cc(F)cc(-c4ccnc(N5CCNCC5)c4)c3O)cc2Cl)c1=O. The number of pyridine rings is 1. The van der Waals surface area contributed by atoms with Crippen molar-refractivity contribution in [3.63, 3.8) is 0 Å². The Bertz CT molecular complexity index is 1450. The molecule has 1 fully saturated rings. The maximum atomic E-state index is 15.1. The van der Waals surface area contributed by atoms with Crippen molar-refractivity contribution in [2.45, 2.75) is 0 Å². The van der Waals surface area contributed by atoms with Crippen LogP contribution in [0.5, 0.6) is 5.75 Å². The third-order valence-corrected chi connectivity index (χ3v) is 6.38. The van der Waals surface area contributed by atoms with Crippen LogP contribution in [0.2, 0.25) is 5.02 Å². The molecule has 35 heavy (non-hydrogen) atoms. The molecule has 2 aromatic carbocycles. The normalized spacial score (nSPS) is 13.9. The molecule has 5 rings (SSSR count). The van der Waals surface area contributed by atoms with Crippen LogP contribution in [0.4, 0.5) is 14.6 Å². The first kappa shape index (κ1) is 23.1. The number of halogens is 3. The molecule has 1 aliphatic heterocycles. The van der Waals surface area contributed by atoms with E-state index in [0.29, 0.717) is 5.56 Å². The van der Waals surface area contributed by atoms with Gasteiger partial charge >= 0.3 is 5.69 Å². The molecule has 0 saturated carbocycles. The minimum atomic E-state index is -0.782. The summed E-state index contributed by atoms with van der Waals surface area (Å²) in [5.74, 6) is -0.881. The van der Waals surface area contributed by atoms with Gasteiger partial charge in [0.2, 0.25) is 0 Å². The van der Waals surface area contributed by atoms with E-state index in [1.165, 1.54) is 36.1 Å². The van der Waals surface area contributed by atoms with Crippen LogP contribution in [0.25, 0.3) is 27.9 Å². The third-order valence-electron chi connectivity index (χ3n) is 6.09. The fourth-order valence-electron chi connectivity index (χ4n) is 4.28. The third kappa shape index (κ3) is 4.28. The number of anilines is 1. The van der Waals surface area contributed by atoms with Crippen LogP contribution < -0.4 is 15.9 Å². The average Bonchev–Trinajstić information content (AvgIpc) is 3.18. The number of aryl methyl sites for hydroxylation is 1. The number of imidazole rings is 1. The second-order valence-corrected chi connectivity index (χ2v) is 8.75. The lowest BCUT2D eigenvalue weighted by molar-refractivity contribution is 0.477. The number of aromatic hydroxyl groups is 1. The molecule has 3 heterocycles. The fraction of sp³-hybridized carbons (Fsp3) is 0.200. The van der Waals surface area contributed by atoms with Gasteiger partial charge in [-0.05, 0) is 47.5 Å². The first-order valence-electron chi connectivity index (χ1n) is 11.0. The second-order valence-electron chi connectivity index (χ2n) is 8.34. The van der Waals surface area contributed by atoms with E-state index in [2.05, 4.69) is 15.2 Å². The highest BCUT2D eigenvalue weighted by Crippen LogP contribution is 2.41. The summed E-state index contributed by atoms with van der Waals surface area (Å²) in [7, 11) is 1.54. The van der Waals surface area contributed by atoms with Gasteiger partial charge in [-0.3, -0.25) is 4.57 Å². The molecule has 0 aliphatic carbocycles. The molecule has 0 spiro atoms. The van der Waals surface area contributed by atoms with Crippen molar-refractivity contribution in [3.8, 4) is 33.7 Å². The van der Waals surface area contributed by atoms with Crippen molar-refractivity contribution in [1.82, 2.24) is 19.4 Å². The van der Waals surface area contributed by atoms with Crippen LogP contribution in [0.1, 0.15) is 0 Å². The number of rotatable bonds is 4. The summed E-state index contributed by atoms with van der Waals surface area (Å²) < 4.78 is 32.2. The van der Waals surface area contributed by atoms with E-state index in [9.17, 15) is 14.3 Å². The lowest BCUT2D eigenvalue weighted by Crippen LogP contribution is -2.43. The van der Waals surface area contributed by atoms with E-state index in [4.69, 9.17) is 11.6 Å². The number of nitrogens with zero attached hydrogens (tertiary/aromatic N) is 4. The highest BCUT2D eigenvalue weighted by Gasteiger charge is 2.20. The number of piperazine rings is 1. The second kappa shape index (κ2) is 9.16. The van der Waals surface area contributed by atoms with E-state index in [0.717, 1.165) is 48.7 Å². The topological polar surface area (TPSA) is 75.3 Å². The minimum Gasteiger partial charge on any atom is -0.507 e. The number of benzene rings is 2. The van der Waals surface area contributed by atoms with Gasteiger partial charge in [0.15, 0.2) is 0 Å². The van der Waals surface area contributed by atoms with Gasteiger partial charge in [0.25, 0.3) is 0 Å². The van der Waals surface area contributed by atoms with Crippen molar-refractivity contribution in [2.75, 3.05) is 31.1 Å². The molecule has 10 heteroatoms. The zero-order chi connectivity index (χ0) is 24.7. The Kier molecular flexibility index (Phi) is 6.04. The number of hydrogen-bond acceptors (Lipinski definition) is 5. The molecule has 1 saturated heterocycles. The van der Waals surface area contributed by atoms with Crippen molar-refractivity contribution in [1.29, 1.82) is 0 Å². The van der Waals surface area contributed by atoms with Crippen LogP contribution in [0, 0.1) is 11.6 Å². The Morgan fingerprint density at radius 2 is 1.74 bits per heavy atom. The van der Waals surface area contributed by atoms with Crippen molar-refractivity contribution >= 4 is 17.4 Å². The van der Waals surface area contributed by atoms with E-state index in [1.807, 2.05) is 0 Å². The monoisotopic (exact) mass is 497 g/mol. The highest BCUT2D eigenvalue weighted by molar-refractivity contribution is 6.32. The maximum absolute atomic E-state index is 15.1. The van der Waals surface area contributed by atoms with Gasteiger partial charge in [0.05, 0.1) is 5.02 Å². The van der Waals surface area contributed by atoms with Gasteiger partial charge in [0.1, 0.15) is 28.9 Å². The molecular formula is C25H22ClF2N5O2. The predicted octanol–water partition coefficient (Wildman–Crippen LogP) is 3.95. The Morgan fingerprint density at radius 1 is 1.03 bits per heavy atom. The molecule has 0 atom stereocenters. The van der Waals surface area contributed by atoms with Crippen LogP contribution in [-0.4, -0.2) is 45.4 Å². The quantitative estimate of drug-likeness (QED) is 0.446. The first-order valence-corrected chi connectivity index (χ1v) is 11.4. The van der Waals surface area contributed by atoms with Crippen LogP contribution in [0.3, 0.4) is 0 Å². The number of nitrogens with one attached hydrogen (secondary N) is 1. The smallest absolute Gasteiger partial charge is 0.332 e. The summed E-state index contributed by atoms with van der Waals surface area (Å²) >= 11 is 6.35. The van der Waals surface area contributed by atoms with Gasteiger partial charge in [-0.25, -0.2) is 18.6 Å². The first-order chi connectivity index (χ1) is 16.8. The Hall–Kier alpha value is -3.69. The van der Waals surface area contributed by atoms with E-state index < -0.39 is 17.3 Å². The van der Waals surface area contributed by atoms with Gasteiger partial charge in [-0.2, -0.15) is 0 Å². The summed E-state index contributed by atoms with van der Waals surface area (Å²) in [4.78, 5) is 18.8. The van der Waals surface area contributed by atoms with E-state index >= 15 is 4.39 Å². The lowest BCUT2D eigenvalue weighted by Gasteiger charge is -2.28. The van der Waals surface area contributed by atoms with Crippen LogP contribution in [0.15, 0.2) is 59.8 Å². The molecule has 4 aromatic rings. The Morgan fingerprint density at radius 3 is 2.40 bits per heavy atom. The Balaban J connectivity index is 1.59. The lowest BCUT2D eigenvalue weighted by atomic mass is 9.97. The molecule has 0 amide bonds. The number of phenols is 1. The van der Waals surface area contributed by atoms with Crippen LogP contribution in [-0.2, 0) is 7.05 Å². The summed E-state index contributed by atoms with van der Waals surface area (Å²) in [5, 5.41) is 14.3. The Labute approximate surface area is 204 Å². The zero-order valence-corrected chi connectivity index (χ0v) is 19.6. The summed E-state index contributed by atoms with van der Waals surface area (Å²) in [5.41, 5.74) is 0.493. The molecular weight excluding hydrogens is 476 g/mol. The van der Waals surface area contributed by atoms with Crippen molar-refractivity contribution < 1.29 is 13.9 Å². The molecule has 180 valence electrons. The molecule has 2 N–H and O–H groups in total. The molecule has 0 radical (unpaired) electrons. The van der Waals surface area contributed by atoms with Gasteiger partial charge < -0.3 is 19.9 Å². The number of aromatic nitrogens is 3. The summed E-state index contributed by atoms with van der Waals surface area (Å²) in [6.07, 6.45) is 4.50. The minimum absolute atomic E-state index is 0.0524. The van der Waals surface area contributed by atoms with E-state index in [-0.39, 0.29) is 33.1 Å². The average molecular weight is 498 g/mol. The maximum Gasteiger partial charge on any atom is 0.332 e. The van der Waals surface area contributed by atoms with Gasteiger partial charge in [-0.1, -0.05) is 11.6 Å². The molecule has 0 bridgehead atoms. The fourth-order valence-corrected chi connectivity index (χ4v) is 4.58. The summed E-state index contributed by atoms with van der Waals surface area (Å²) in [6.45, 7) is 3.23. The predicted molar refractivity (Wildman–Crippen MR) is 131 cm³/mol. The van der Waals surface area contributed by atoms with Crippen molar-refractivity contribution in [3.05, 3.63) is 82.1 Å². The van der Waals surface area contributed by atoms with Gasteiger partial charge in [0, 0.05) is 62.9 Å².